The van der Waals surface area contributed by atoms with Gasteiger partial charge in [0.1, 0.15) is 0 Å². The van der Waals surface area contributed by atoms with E-state index in [1.54, 1.807) is 0 Å². The predicted molar refractivity (Wildman–Crippen MR) is 166 cm³/mol. The average Bonchev–Trinajstić information content (AvgIpc) is 2.85. The first kappa shape index (κ1) is 25.7. The largest absolute Gasteiger partial charge is 0.0617 e. The highest BCUT2D eigenvalue weighted by molar-refractivity contribution is 6.01. The van der Waals surface area contributed by atoms with Crippen LogP contribution in [0.5, 0.6) is 0 Å². The van der Waals surface area contributed by atoms with E-state index < -0.39 is 0 Å². The summed E-state index contributed by atoms with van der Waals surface area (Å²) in [5.74, 6) is 0. The van der Waals surface area contributed by atoms with Gasteiger partial charge in [-0.1, -0.05) is 72.8 Å². The third-order valence-corrected chi connectivity index (χ3v) is 8.14. The zero-order valence-corrected chi connectivity index (χ0v) is 24.1. The topological polar surface area (TPSA) is 0 Å². The van der Waals surface area contributed by atoms with Gasteiger partial charge in [-0.2, -0.15) is 0 Å². The maximum Gasteiger partial charge on any atom is -0.00207 e. The molecule has 0 heteroatoms. The molecule has 0 aromatic heterocycles. The third-order valence-electron chi connectivity index (χ3n) is 8.14. The number of rotatable bonds is 4. The van der Waals surface area contributed by atoms with Crippen molar-refractivity contribution < 1.29 is 0 Å². The van der Waals surface area contributed by atoms with Gasteiger partial charge in [0.15, 0.2) is 0 Å². The standard InChI is InChI=1S/C38H38/c1-23-13-9-14-24(2)34(23)31-21-32(35-25(3)15-10-16-26(35)4)38(37-29(7)19-12-20-30(37)8)33(22-31)36-27(5)17-11-18-28(36)6/h9-22H,1-8H3. The quantitative estimate of drug-likeness (QED) is 0.233. The van der Waals surface area contributed by atoms with Crippen molar-refractivity contribution in [1.82, 2.24) is 0 Å². The second kappa shape index (κ2) is 10.1. The molecule has 5 rings (SSSR count). The zero-order chi connectivity index (χ0) is 27.1. The van der Waals surface area contributed by atoms with Crippen molar-refractivity contribution in [3.8, 4) is 44.5 Å². The van der Waals surface area contributed by atoms with Gasteiger partial charge in [0.25, 0.3) is 0 Å². The highest BCUT2D eigenvalue weighted by atomic mass is 14.3. The Morgan fingerprint density at radius 2 is 0.553 bits per heavy atom. The molecule has 0 aliphatic heterocycles. The Kier molecular flexibility index (Phi) is 6.84. The van der Waals surface area contributed by atoms with Gasteiger partial charge < -0.3 is 0 Å². The summed E-state index contributed by atoms with van der Waals surface area (Å²) in [6.07, 6.45) is 0. The molecule has 0 saturated carbocycles. The summed E-state index contributed by atoms with van der Waals surface area (Å²) in [5, 5.41) is 0. The van der Waals surface area contributed by atoms with Crippen molar-refractivity contribution in [2.45, 2.75) is 55.4 Å². The number of hydrogen-bond donors (Lipinski definition) is 0. The van der Waals surface area contributed by atoms with Crippen molar-refractivity contribution in [1.29, 1.82) is 0 Å². The molecule has 0 nitrogen and oxygen atoms in total. The minimum absolute atomic E-state index is 1.28. The summed E-state index contributed by atoms with van der Waals surface area (Å²) in [7, 11) is 0. The summed E-state index contributed by atoms with van der Waals surface area (Å²) in [5.41, 5.74) is 21.1. The van der Waals surface area contributed by atoms with Crippen LogP contribution in [0.4, 0.5) is 0 Å². The molecule has 190 valence electrons. The van der Waals surface area contributed by atoms with Gasteiger partial charge in [0.05, 0.1) is 0 Å². The molecule has 0 aliphatic rings. The molecule has 0 radical (unpaired) electrons. The molecule has 0 saturated heterocycles. The Balaban J connectivity index is 2.06. The number of hydrogen-bond acceptors (Lipinski definition) is 0. The predicted octanol–water partition coefficient (Wildman–Crippen LogP) is 10.8. The van der Waals surface area contributed by atoms with Crippen LogP contribution in [0.15, 0.2) is 84.9 Å². The lowest BCUT2D eigenvalue weighted by Gasteiger charge is -2.25. The fourth-order valence-corrected chi connectivity index (χ4v) is 6.41. The van der Waals surface area contributed by atoms with E-state index in [0.29, 0.717) is 0 Å². The van der Waals surface area contributed by atoms with Crippen molar-refractivity contribution in [3.05, 3.63) is 129 Å². The van der Waals surface area contributed by atoms with E-state index in [4.69, 9.17) is 0 Å². The summed E-state index contributed by atoms with van der Waals surface area (Å²) >= 11 is 0. The van der Waals surface area contributed by atoms with Crippen LogP contribution in [0, 0.1) is 55.4 Å². The van der Waals surface area contributed by atoms with Crippen LogP contribution in [0.25, 0.3) is 44.5 Å². The fourth-order valence-electron chi connectivity index (χ4n) is 6.41. The molecule has 0 bridgehead atoms. The van der Waals surface area contributed by atoms with Crippen molar-refractivity contribution in [3.63, 3.8) is 0 Å². The van der Waals surface area contributed by atoms with Gasteiger partial charge in [-0.25, -0.2) is 0 Å². The van der Waals surface area contributed by atoms with E-state index in [0.717, 1.165) is 0 Å². The lowest BCUT2D eigenvalue weighted by Crippen LogP contribution is -2.01. The van der Waals surface area contributed by atoms with Crippen LogP contribution in [-0.2, 0) is 0 Å². The van der Waals surface area contributed by atoms with E-state index in [9.17, 15) is 0 Å². The Labute approximate surface area is 229 Å². The smallest absolute Gasteiger partial charge is 0.00207 e. The molecule has 0 aliphatic carbocycles. The van der Waals surface area contributed by atoms with E-state index in [1.807, 2.05) is 0 Å². The summed E-state index contributed by atoms with van der Waals surface area (Å²) in [4.78, 5) is 0. The first-order valence-electron chi connectivity index (χ1n) is 13.6. The van der Waals surface area contributed by atoms with Crippen LogP contribution < -0.4 is 0 Å². The third kappa shape index (κ3) is 4.39. The second-order valence-corrected chi connectivity index (χ2v) is 11.0. The minimum Gasteiger partial charge on any atom is -0.0617 e. The highest BCUT2D eigenvalue weighted by Crippen LogP contribution is 2.48. The molecular formula is C38H38. The molecule has 0 unspecified atom stereocenters. The molecule has 5 aromatic rings. The zero-order valence-electron chi connectivity index (χ0n) is 24.1. The van der Waals surface area contributed by atoms with Crippen LogP contribution in [0.3, 0.4) is 0 Å². The molecule has 0 N–H and O–H groups in total. The van der Waals surface area contributed by atoms with Crippen molar-refractivity contribution >= 4 is 0 Å². The Bertz CT molecular complexity index is 1530. The Morgan fingerprint density at radius 1 is 0.289 bits per heavy atom. The maximum absolute atomic E-state index is 2.46. The fraction of sp³-hybridized carbons (Fsp3) is 0.211. The van der Waals surface area contributed by atoms with Gasteiger partial charge in [0, 0.05) is 0 Å². The Hall–Kier alpha value is -3.90. The molecule has 5 aromatic carbocycles. The van der Waals surface area contributed by atoms with Gasteiger partial charge in [-0.3, -0.25) is 0 Å². The van der Waals surface area contributed by atoms with Gasteiger partial charge in [0.2, 0.25) is 0 Å². The highest BCUT2D eigenvalue weighted by Gasteiger charge is 2.23. The minimum atomic E-state index is 1.28. The van der Waals surface area contributed by atoms with Crippen molar-refractivity contribution in [2.75, 3.05) is 0 Å². The van der Waals surface area contributed by atoms with Gasteiger partial charge >= 0.3 is 0 Å². The van der Waals surface area contributed by atoms with Crippen molar-refractivity contribution in [2.24, 2.45) is 0 Å². The Morgan fingerprint density at radius 3 is 0.868 bits per heavy atom. The van der Waals surface area contributed by atoms with Gasteiger partial charge in [-0.15, -0.1) is 0 Å². The lowest BCUT2D eigenvalue weighted by molar-refractivity contribution is 1.33. The maximum atomic E-state index is 2.46. The summed E-state index contributed by atoms with van der Waals surface area (Å²) in [6.45, 7) is 18.0. The van der Waals surface area contributed by atoms with Gasteiger partial charge in [-0.05, 0) is 157 Å². The second-order valence-electron chi connectivity index (χ2n) is 11.0. The van der Waals surface area contributed by atoms with Crippen LogP contribution in [0.1, 0.15) is 44.5 Å². The first-order valence-corrected chi connectivity index (χ1v) is 13.6. The molecule has 0 amide bonds. The van der Waals surface area contributed by atoms with Crippen LogP contribution in [-0.4, -0.2) is 0 Å². The summed E-state index contributed by atoms with van der Waals surface area (Å²) in [6, 6.07) is 31.6. The molecule has 0 heterocycles. The molecule has 0 atom stereocenters. The van der Waals surface area contributed by atoms with Crippen LogP contribution >= 0.6 is 0 Å². The molecular weight excluding hydrogens is 456 g/mol. The number of aryl methyl sites for hydroxylation is 8. The lowest BCUT2D eigenvalue weighted by atomic mass is 9.78. The van der Waals surface area contributed by atoms with E-state index in [-0.39, 0.29) is 0 Å². The molecule has 38 heavy (non-hydrogen) atoms. The van der Waals surface area contributed by atoms with E-state index in [1.165, 1.54) is 89.0 Å². The van der Waals surface area contributed by atoms with E-state index >= 15 is 0 Å². The van der Waals surface area contributed by atoms with E-state index in [2.05, 4.69) is 140 Å². The molecule has 0 fully saturated rings. The van der Waals surface area contributed by atoms with Crippen LogP contribution in [0.2, 0.25) is 0 Å². The number of benzene rings is 5. The summed E-state index contributed by atoms with van der Waals surface area (Å²) < 4.78 is 0. The normalized spacial score (nSPS) is 11.2. The molecule has 0 spiro atoms. The first-order chi connectivity index (χ1) is 18.2. The monoisotopic (exact) mass is 494 g/mol. The average molecular weight is 495 g/mol. The SMILES string of the molecule is Cc1cccc(C)c1-c1cc(-c2c(C)cccc2C)c(-c2c(C)cccc2C)c(-c2c(C)cccc2C)c1.